The van der Waals surface area contributed by atoms with Crippen LogP contribution in [0.25, 0.3) is 11.0 Å². The Kier molecular flexibility index (Phi) is 8.05. The van der Waals surface area contributed by atoms with Crippen LogP contribution in [-0.4, -0.2) is 65.4 Å². The van der Waals surface area contributed by atoms with E-state index in [1.54, 1.807) is 12.1 Å². The van der Waals surface area contributed by atoms with E-state index >= 15 is 0 Å². The molecule has 32 heavy (non-hydrogen) atoms. The number of hydrogen-bond donors (Lipinski definition) is 2. The number of ether oxygens (including phenoxy) is 2. The number of aromatic nitrogens is 1. The molecule has 1 aromatic carbocycles. The van der Waals surface area contributed by atoms with Gasteiger partial charge in [-0.3, -0.25) is 0 Å². The first-order valence-electron chi connectivity index (χ1n) is 10.6. The Morgan fingerprint density at radius 1 is 1.12 bits per heavy atom. The maximum absolute atomic E-state index is 12.5. The third kappa shape index (κ3) is 7.18. The summed E-state index contributed by atoms with van der Waals surface area (Å²) >= 11 is 0. The summed E-state index contributed by atoms with van der Waals surface area (Å²) in [7, 11) is 0. The van der Waals surface area contributed by atoms with Crippen LogP contribution in [0.1, 0.15) is 32.1 Å². The fourth-order valence-corrected chi connectivity index (χ4v) is 3.89. The van der Waals surface area contributed by atoms with Gasteiger partial charge in [-0.2, -0.15) is 13.2 Å². The van der Waals surface area contributed by atoms with Crippen LogP contribution in [0.5, 0.6) is 11.6 Å². The lowest BCUT2D eigenvalue weighted by Crippen LogP contribution is -2.39. The van der Waals surface area contributed by atoms with E-state index < -0.39 is 18.9 Å². The molecule has 2 aromatic rings. The number of alkyl halides is 3. The Hall–Kier alpha value is -2.69. The molecule has 0 spiro atoms. The molecule has 1 aliphatic heterocycles. The minimum Gasteiger partial charge on any atom is -0.483 e. The second-order valence-electron chi connectivity index (χ2n) is 8.16. The quantitative estimate of drug-likeness (QED) is 0.602. The molecule has 0 radical (unpaired) electrons. The molecule has 4 rings (SSSR count). The molecule has 0 bridgehead atoms. The van der Waals surface area contributed by atoms with Gasteiger partial charge in [0.25, 0.3) is 5.88 Å². The van der Waals surface area contributed by atoms with Gasteiger partial charge in [0.1, 0.15) is 11.1 Å². The minimum absolute atomic E-state index is 0.0707. The molecule has 8 nitrogen and oxygen atoms in total. The summed E-state index contributed by atoms with van der Waals surface area (Å²) in [6, 6.07) is 4.67. The highest BCUT2D eigenvalue weighted by Gasteiger charge is 2.30. The molecular weight excluding hydrogens is 433 g/mol. The van der Waals surface area contributed by atoms with Gasteiger partial charge < -0.3 is 29.1 Å². The lowest BCUT2D eigenvalue weighted by atomic mass is 9.84. The van der Waals surface area contributed by atoms with Gasteiger partial charge in [0.2, 0.25) is 0 Å². The lowest BCUT2D eigenvalue weighted by Gasteiger charge is -2.36. The van der Waals surface area contributed by atoms with Crippen LogP contribution in [0.3, 0.4) is 0 Å². The molecule has 178 valence electrons. The Morgan fingerprint density at radius 2 is 1.81 bits per heavy atom. The van der Waals surface area contributed by atoms with Crippen molar-refractivity contribution >= 4 is 17.1 Å². The van der Waals surface area contributed by atoms with E-state index in [1.165, 1.54) is 31.9 Å². The minimum atomic E-state index is -4.41. The summed E-state index contributed by atoms with van der Waals surface area (Å²) in [6.07, 6.45) is -0.0367. The Bertz CT molecular complexity index is 872. The van der Waals surface area contributed by atoms with Crippen molar-refractivity contribution < 1.29 is 42.2 Å². The SMILES string of the molecule is FC(F)(F)COc1cccc2onc(OCC3CCN(CC4CCC4)CC3)c12.O=C(O)O. The highest BCUT2D eigenvalue weighted by molar-refractivity contribution is 5.88. The first-order valence-corrected chi connectivity index (χ1v) is 10.6. The number of rotatable bonds is 7. The van der Waals surface area contributed by atoms with Gasteiger partial charge in [0, 0.05) is 6.54 Å². The van der Waals surface area contributed by atoms with Gasteiger partial charge in [0.05, 0.1) is 6.61 Å². The maximum atomic E-state index is 12.5. The van der Waals surface area contributed by atoms with Crippen molar-refractivity contribution in [3.05, 3.63) is 18.2 Å². The van der Waals surface area contributed by atoms with E-state index in [0.29, 0.717) is 23.5 Å². The number of halogens is 3. The van der Waals surface area contributed by atoms with Crippen molar-refractivity contribution in [2.45, 2.75) is 38.3 Å². The third-order valence-electron chi connectivity index (χ3n) is 5.72. The number of benzene rings is 1. The molecule has 2 fully saturated rings. The zero-order chi connectivity index (χ0) is 23.1. The second-order valence-corrected chi connectivity index (χ2v) is 8.16. The number of carboxylic acid groups (broad SMARTS) is 2. The number of carbonyl (C=O) groups is 1. The standard InChI is InChI=1S/C20H25F3N2O3.CH2O3/c21-20(22,23)13-27-16-5-2-6-17-18(16)19(24-28-17)26-12-15-7-9-25(10-8-15)11-14-3-1-4-14;2-1(3)4/h2,5-6,14-15H,1,3-4,7-13H2;(H2,2,3,4). The van der Waals surface area contributed by atoms with Gasteiger partial charge in [-0.15, -0.1) is 0 Å². The van der Waals surface area contributed by atoms with Gasteiger partial charge >= 0.3 is 12.3 Å². The van der Waals surface area contributed by atoms with Crippen molar-refractivity contribution in [3.63, 3.8) is 0 Å². The molecule has 11 heteroatoms. The van der Waals surface area contributed by atoms with Crippen molar-refractivity contribution in [1.29, 1.82) is 0 Å². The van der Waals surface area contributed by atoms with Gasteiger partial charge in [-0.25, -0.2) is 4.79 Å². The number of nitrogens with zero attached hydrogens (tertiary/aromatic N) is 2. The molecule has 0 unspecified atom stereocenters. The number of hydrogen-bond acceptors (Lipinski definition) is 6. The fourth-order valence-electron chi connectivity index (χ4n) is 3.89. The highest BCUT2D eigenvalue weighted by atomic mass is 19.4. The van der Waals surface area contributed by atoms with Crippen LogP contribution >= 0.6 is 0 Å². The summed E-state index contributed by atoms with van der Waals surface area (Å²) in [4.78, 5) is 11.1. The van der Waals surface area contributed by atoms with Crippen LogP contribution in [0.2, 0.25) is 0 Å². The van der Waals surface area contributed by atoms with E-state index in [4.69, 9.17) is 29.0 Å². The van der Waals surface area contributed by atoms with Crippen molar-refractivity contribution in [2.75, 3.05) is 32.8 Å². The normalized spacial score (nSPS) is 18.0. The smallest absolute Gasteiger partial charge is 0.483 e. The number of likely N-dealkylation sites (tertiary alicyclic amines) is 1. The Morgan fingerprint density at radius 3 is 2.41 bits per heavy atom. The summed E-state index contributed by atoms with van der Waals surface area (Å²) in [5, 5.41) is 18.2. The summed E-state index contributed by atoms with van der Waals surface area (Å²) in [5.74, 6) is 1.56. The number of fused-ring (bicyclic) bond motifs is 1. The molecule has 0 amide bonds. The fraction of sp³-hybridized carbons (Fsp3) is 0.619. The van der Waals surface area contributed by atoms with Gasteiger partial charge in [0.15, 0.2) is 12.2 Å². The third-order valence-corrected chi connectivity index (χ3v) is 5.72. The average molecular weight is 460 g/mol. The molecule has 1 aliphatic carbocycles. The zero-order valence-electron chi connectivity index (χ0n) is 17.5. The molecular formula is C21H27F3N2O6. The van der Waals surface area contributed by atoms with Crippen LogP contribution < -0.4 is 9.47 Å². The van der Waals surface area contributed by atoms with Crippen LogP contribution in [0.4, 0.5) is 18.0 Å². The molecule has 2 N–H and O–H groups in total. The van der Waals surface area contributed by atoms with Crippen LogP contribution in [-0.2, 0) is 0 Å². The van der Waals surface area contributed by atoms with Crippen molar-refractivity contribution in [3.8, 4) is 11.6 Å². The topological polar surface area (TPSA) is 105 Å². The predicted molar refractivity (Wildman–Crippen MR) is 108 cm³/mol. The Balaban J connectivity index is 0.000000668. The van der Waals surface area contributed by atoms with Crippen LogP contribution in [0.15, 0.2) is 22.7 Å². The average Bonchev–Trinajstić information content (AvgIpc) is 3.11. The molecule has 1 saturated carbocycles. The van der Waals surface area contributed by atoms with E-state index in [0.717, 1.165) is 31.8 Å². The zero-order valence-corrected chi connectivity index (χ0v) is 17.5. The first-order chi connectivity index (χ1) is 15.2. The Labute approximate surface area is 182 Å². The highest BCUT2D eigenvalue weighted by Crippen LogP contribution is 2.35. The van der Waals surface area contributed by atoms with E-state index in [1.807, 2.05) is 0 Å². The second kappa shape index (κ2) is 10.8. The summed E-state index contributed by atoms with van der Waals surface area (Å²) < 4.78 is 53.5. The van der Waals surface area contributed by atoms with E-state index in [9.17, 15) is 13.2 Å². The monoisotopic (exact) mass is 460 g/mol. The molecule has 0 atom stereocenters. The predicted octanol–water partition coefficient (Wildman–Crippen LogP) is 4.88. The maximum Gasteiger partial charge on any atom is 0.503 e. The molecule has 2 aliphatic rings. The van der Waals surface area contributed by atoms with Crippen LogP contribution in [0, 0.1) is 11.8 Å². The van der Waals surface area contributed by atoms with E-state index in [2.05, 4.69) is 10.1 Å². The van der Waals surface area contributed by atoms with E-state index in [-0.39, 0.29) is 11.6 Å². The van der Waals surface area contributed by atoms with Crippen molar-refractivity contribution in [2.24, 2.45) is 11.8 Å². The summed E-state index contributed by atoms with van der Waals surface area (Å²) in [6.45, 7) is 2.47. The molecule has 1 aromatic heterocycles. The van der Waals surface area contributed by atoms with Gasteiger partial charge in [-0.1, -0.05) is 12.5 Å². The summed E-state index contributed by atoms with van der Waals surface area (Å²) in [5.41, 5.74) is 0.352. The van der Waals surface area contributed by atoms with Gasteiger partial charge in [-0.05, 0) is 67.9 Å². The number of piperidine rings is 1. The lowest BCUT2D eigenvalue weighted by molar-refractivity contribution is -0.153. The molecule has 2 heterocycles. The first kappa shape index (κ1) is 24.0. The van der Waals surface area contributed by atoms with Crippen molar-refractivity contribution in [1.82, 2.24) is 10.1 Å². The molecule has 1 saturated heterocycles. The largest absolute Gasteiger partial charge is 0.503 e.